The highest BCUT2D eigenvalue weighted by atomic mass is 35.5. The van der Waals surface area contributed by atoms with Crippen LogP contribution in [0.25, 0.3) is 0 Å². The number of sulfonamides is 1. The zero-order valence-corrected chi connectivity index (χ0v) is 15.6. The molecular weight excluding hydrogens is 352 g/mol. The minimum absolute atomic E-state index is 0.178. The number of benzene rings is 1. The molecule has 1 aromatic carbocycles. The number of ether oxygens (including phenoxy) is 2. The van der Waals surface area contributed by atoms with Gasteiger partial charge in [0.2, 0.25) is 10.0 Å². The van der Waals surface area contributed by atoms with Crippen molar-refractivity contribution < 1.29 is 22.8 Å². The smallest absolute Gasteiger partial charge is 0.240 e. The first-order valence-electron chi connectivity index (χ1n) is 8.36. The molecule has 0 aromatic heterocycles. The molecule has 0 unspecified atom stereocenters. The van der Waals surface area contributed by atoms with Crippen molar-refractivity contribution in [1.29, 1.82) is 0 Å². The molecule has 0 aliphatic carbocycles. The Morgan fingerprint density at radius 2 is 2.08 bits per heavy atom. The lowest BCUT2D eigenvalue weighted by molar-refractivity contribution is -0.908. The first-order chi connectivity index (χ1) is 11.5. The number of morpholine rings is 1. The molecule has 6 nitrogen and oxygen atoms in total. The number of hydrogen-bond acceptors (Lipinski definition) is 4. The van der Waals surface area contributed by atoms with Gasteiger partial charge in [0.1, 0.15) is 18.8 Å². The predicted molar refractivity (Wildman–Crippen MR) is 93.4 cm³/mol. The molecule has 0 atom stereocenters. The van der Waals surface area contributed by atoms with Gasteiger partial charge in [-0.25, -0.2) is 13.1 Å². The molecule has 8 heteroatoms. The second-order valence-electron chi connectivity index (χ2n) is 5.80. The van der Waals surface area contributed by atoms with E-state index in [0.29, 0.717) is 23.9 Å². The summed E-state index contributed by atoms with van der Waals surface area (Å²) in [6.45, 7) is 7.38. The molecule has 0 spiro atoms. The lowest BCUT2D eigenvalue weighted by atomic mass is 10.3. The van der Waals surface area contributed by atoms with E-state index >= 15 is 0 Å². The van der Waals surface area contributed by atoms with Gasteiger partial charge < -0.3 is 14.4 Å². The van der Waals surface area contributed by atoms with Gasteiger partial charge in [0.15, 0.2) is 0 Å². The van der Waals surface area contributed by atoms with Crippen LogP contribution in [0, 0.1) is 0 Å². The first kappa shape index (κ1) is 19.5. The van der Waals surface area contributed by atoms with Crippen LogP contribution in [-0.2, 0) is 14.8 Å². The number of nitrogens with one attached hydrogen (secondary N) is 2. The maximum atomic E-state index is 12.4. The van der Waals surface area contributed by atoms with E-state index in [2.05, 4.69) is 4.72 Å². The first-order valence-corrected chi connectivity index (χ1v) is 10.2. The molecule has 0 saturated carbocycles. The largest absolute Gasteiger partial charge is 0.492 e. The summed E-state index contributed by atoms with van der Waals surface area (Å²) in [6, 6.07) is 4.53. The van der Waals surface area contributed by atoms with Crippen LogP contribution in [0.3, 0.4) is 0 Å². The highest BCUT2D eigenvalue weighted by Crippen LogP contribution is 2.27. The highest BCUT2D eigenvalue weighted by molar-refractivity contribution is 7.89. The van der Waals surface area contributed by atoms with Crippen molar-refractivity contribution in [2.75, 3.05) is 46.0 Å². The average Bonchev–Trinajstić information content (AvgIpc) is 2.59. The van der Waals surface area contributed by atoms with Gasteiger partial charge in [-0.1, -0.05) is 18.5 Å². The summed E-state index contributed by atoms with van der Waals surface area (Å²) in [6.07, 6.45) is 1.62. The van der Waals surface area contributed by atoms with E-state index in [9.17, 15) is 8.42 Å². The van der Waals surface area contributed by atoms with Gasteiger partial charge >= 0.3 is 0 Å². The van der Waals surface area contributed by atoms with Crippen LogP contribution in [0.4, 0.5) is 0 Å². The lowest BCUT2D eigenvalue weighted by Crippen LogP contribution is -3.14. The second-order valence-corrected chi connectivity index (χ2v) is 7.98. The fourth-order valence-electron chi connectivity index (χ4n) is 2.51. The van der Waals surface area contributed by atoms with E-state index in [1.54, 1.807) is 6.07 Å². The SMILES string of the molecule is CCCOc1cc(S(=O)(=O)NCCC[NH+]2CCOCC2)ccc1Cl. The van der Waals surface area contributed by atoms with Crippen molar-refractivity contribution in [2.45, 2.75) is 24.7 Å². The standard InChI is InChI=1S/C16H25ClN2O4S/c1-2-10-23-16-13-14(4-5-15(16)17)24(20,21)18-6-3-7-19-8-11-22-12-9-19/h4-5,13,18H,2-3,6-12H2,1H3/p+1. The lowest BCUT2D eigenvalue weighted by Gasteiger charge is -2.23. The number of rotatable bonds is 9. The predicted octanol–water partition coefficient (Wildman–Crippen LogP) is 0.712. The molecule has 1 aliphatic heterocycles. The van der Waals surface area contributed by atoms with E-state index in [0.717, 1.165) is 45.7 Å². The quantitative estimate of drug-likeness (QED) is 0.622. The summed E-state index contributed by atoms with van der Waals surface area (Å²) in [5, 5.41) is 0.415. The van der Waals surface area contributed by atoms with E-state index in [1.165, 1.54) is 17.0 Å². The Hall–Kier alpha value is -0.860. The van der Waals surface area contributed by atoms with E-state index in [4.69, 9.17) is 21.1 Å². The van der Waals surface area contributed by atoms with Crippen LogP contribution < -0.4 is 14.4 Å². The molecule has 1 fully saturated rings. The molecule has 1 aliphatic rings. The number of quaternary nitrogens is 1. The summed E-state index contributed by atoms with van der Waals surface area (Å²) < 4.78 is 38.2. The Labute approximate surface area is 149 Å². The molecule has 136 valence electrons. The molecule has 0 bridgehead atoms. The molecular formula is C16H26ClN2O4S+. The molecule has 0 amide bonds. The summed E-state index contributed by atoms with van der Waals surface area (Å²) in [5.41, 5.74) is 0. The Morgan fingerprint density at radius 3 is 2.79 bits per heavy atom. The highest BCUT2D eigenvalue weighted by Gasteiger charge is 2.17. The van der Waals surface area contributed by atoms with Gasteiger partial charge in [0, 0.05) is 19.0 Å². The van der Waals surface area contributed by atoms with Gasteiger partial charge in [-0.05, 0) is 18.6 Å². The zero-order valence-electron chi connectivity index (χ0n) is 14.0. The third-order valence-corrected chi connectivity index (χ3v) is 5.64. The molecule has 1 heterocycles. The van der Waals surface area contributed by atoms with Crippen molar-refractivity contribution >= 4 is 21.6 Å². The van der Waals surface area contributed by atoms with Crippen molar-refractivity contribution in [3.8, 4) is 5.75 Å². The van der Waals surface area contributed by atoms with Gasteiger partial charge in [-0.2, -0.15) is 0 Å². The third kappa shape index (κ3) is 5.89. The molecule has 1 saturated heterocycles. The summed E-state index contributed by atoms with van der Waals surface area (Å²) in [7, 11) is -3.55. The average molecular weight is 378 g/mol. The van der Waals surface area contributed by atoms with Crippen LogP contribution in [0.1, 0.15) is 19.8 Å². The Balaban J connectivity index is 1.87. The number of hydrogen-bond donors (Lipinski definition) is 2. The zero-order chi connectivity index (χ0) is 17.4. The Bertz CT molecular complexity index is 619. The van der Waals surface area contributed by atoms with E-state index in [-0.39, 0.29) is 4.90 Å². The van der Waals surface area contributed by atoms with Crippen molar-refractivity contribution in [2.24, 2.45) is 0 Å². The van der Waals surface area contributed by atoms with Crippen molar-refractivity contribution in [1.82, 2.24) is 4.72 Å². The van der Waals surface area contributed by atoms with Crippen LogP contribution in [-0.4, -0.2) is 54.4 Å². The van der Waals surface area contributed by atoms with Gasteiger partial charge in [-0.3, -0.25) is 0 Å². The van der Waals surface area contributed by atoms with Crippen molar-refractivity contribution in [3.63, 3.8) is 0 Å². The van der Waals surface area contributed by atoms with Gasteiger partial charge in [0.25, 0.3) is 0 Å². The summed E-state index contributed by atoms with van der Waals surface area (Å²) in [5.74, 6) is 0.402. The van der Waals surface area contributed by atoms with Crippen LogP contribution in [0.15, 0.2) is 23.1 Å². The summed E-state index contributed by atoms with van der Waals surface area (Å²) in [4.78, 5) is 1.64. The van der Waals surface area contributed by atoms with Crippen LogP contribution in [0.2, 0.25) is 5.02 Å². The molecule has 2 N–H and O–H groups in total. The van der Waals surface area contributed by atoms with Crippen LogP contribution in [0.5, 0.6) is 5.75 Å². The van der Waals surface area contributed by atoms with Gasteiger partial charge in [0.05, 0.1) is 36.3 Å². The fourth-order valence-corrected chi connectivity index (χ4v) is 3.77. The van der Waals surface area contributed by atoms with Crippen molar-refractivity contribution in [3.05, 3.63) is 23.2 Å². The third-order valence-electron chi connectivity index (χ3n) is 3.87. The molecule has 2 rings (SSSR count). The molecule has 0 radical (unpaired) electrons. The summed E-state index contributed by atoms with van der Waals surface area (Å²) >= 11 is 6.04. The maximum absolute atomic E-state index is 12.4. The fraction of sp³-hybridized carbons (Fsp3) is 0.625. The second kappa shape index (κ2) is 9.58. The molecule has 1 aromatic rings. The minimum Gasteiger partial charge on any atom is -0.492 e. The van der Waals surface area contributed by atoms with E-state index in [1.807, 2.05) is 6.92 Å². The van der Waals surface area contributed by atoms with E-state index < -0.39 is 10.0 Å². The Morgan fingerprint density at radius 1 is 1.33 bits per heavy atom. The van der Waals surface area contributed by atoms with Gasteiger partial charge in [-0.15, -0.1) is 0 Å². The molecule has 24 heavy (non-hydrogen) atoms. The number of halogens is 1. The normalized spacial score (nSPS) is 16.2. The Kier molecular flexibility index (Phi) is 7.77. The topological polar surface area (TPSA) is 69.1 Å². The maximum Gasteiger partial charge on any atom is 0.240 e. The van der Waals surface area contributed by atoms with Crippen LogP contribution >= 0.6 is 11.6 Å². The minimum atomic E-state index is -3.55. The monoisotopic (exact) mass is 377 g/mol.